The highest BCUT2D eigenvalue weighted by atomic mass is 16.5. The van der Waals surface area contributed by atoms with Gasteiger partial charge in [-0.2, -0.15) is 0 Å². The number of methoxy groups -OCH3 is 4. The quantitative estimate of drug-likeness (QED) is 0.702. The molecule has 0 aliphatic rings. The van der Waals surface area contributed by atoms with Gasteiger partial charge in [0.1, 0.15) is 22.6 Å². The predicted molar refractivity (Wildman–Crippen MR) is 97.5 cm³/mol. The van der Waals surface area contributed by atoms with E-state index < -0.39 is 5.43 Å². The van der Waals surface area contributed by atoms with E-state index >= 15 is 0 Å². The van der Waals surface area contributed by atoms with Crippen LogP contribution in [0.3, 0.4) is 0 Å². The Bertz CT molecular complexity index is 1050. The summed E-state index contributed by atoms with van der Waals surface area (Å²) in [5, 5.41) is 19.5. The van der Waals surface area contributed by atoms with Crippen molar-refractivity contribution < 1.29 is 33.6 Å². The van der Waals surface area contributed by atoms with Crippen molar-refractivity contribution in [3.05, 3.63) is 34.5 Å². The van der Waals surface area contributed by atoms with Crippen molar-refractivity contribution in [1.82, 2.24) is 0 Å². The van der Waals surface area contributed by atoms with Gasteiger partial charge < -0.3 is 33.6 Å². The minimum atomic E-state index is -0.426. The third kappa shape index (κ3) is 2.95. The van der Waals surface area contributed by atoms with E-state index in [-0.39, 0.29) is 51.2 Å². The Labute approximate surface area is 154 Å². The van der Waals surface area contributed by atoms with Crippen molar-refractivity contribution in [3.63, 3.8) is 0 Å². The van der Waals surface area contributed by atoms with Gasteiger partial charge in [0.2, 0.25) is 17.2 Å². The molecule has 0 spiro atoms. The zero-order valence-electron chi connectivity index (χ0n) is 15.2. The smallest absolute Gasteiger partial charge is 0.211 e. The largest absolute Gasteiger partial charge is 0.508 e. The molecule has 0 bridgehead atoms. The van der Waals surface area contributed by atoms with Crippen LogP contribution in [0, 0.1) is 0 Å². The molecule has 0 amide bonds. The molecular formula is C19H18O8. The van der Waals surface area contributed by atoms with Crippen LogP contribution in [0.15, 0.2) is 33.5 Å². The van der Waals surface area contributed by atoms with E-state index in [0.29, 0.717) is 5.56 Å². The first-order chi connectivity index (χ1) is 12.9. The summed E-state index contributed by atoms with van der Waals surface area (Å²) in [7, 11) is 5.62. The Balaban J connectivity index is 2.46. The molecular weight excluding hydrogens is 356 g/mol. The van der Waals surface area contributed by atoms with Crippen LogP contribution in [0.4, 0.5) is 0 Å². The van der Waals surface area contributed by atoms with Crippen LogP contribution in [-0.2, 0) is 0 Å². The van der Waals surface area contributed by atoms with Crippen molar-refractivity contribution in [1.29, 1.82) is 0 Å². The van der Waals surface area contributed by atoms with E-state index in [1.54, 1.807) is 0 Å². The number of ether oxygens (including phenoxy) is 4. The maximum atomic E-state index is 12.8. The Morgan fingerprint density at radius 1 is 0.741 bits per heavy atom. The van der Waals surface area contributed by atoms with Crippen LogP contribution in [0.5, 0.6) is 34.5 Å². The summed E-state index contributed by atoms with van der Waals surface area (Å²) in [4.78, 5) is 12.8. The number of benzene rings is 2. The Morgan fingerprint density at radius 3 is 1.78 bits per heavy atom. The minimum absolute atomic E-state index is 0.0809. The Hall–Kier alpha value is -3.55. The van der Waals surface area contributed by atoms with E-state index in [1.165, 1.54) is 52.7 Å². The molecule has 0 atom stereocenters. The third-order valence-corrected chi connectivity index (χ3v) is 4.00. The van der Waals surface area contributed by atoms with Crippen LogP contribution in [-0.4, -0.2) is 38.7 Å². The molecule has 2 N–H and O–H groups in total. The molecule has 0 saturated heterocycles. The minimum Gasteiger partial charge on any atom is -0.508 e. The van der Waals surface area contributed by atoms with Gasteiger partial charge >= 0.3 is 0 Å². The van der Waals surface area contributed by atoms with E-state index in [0.717, 1.165) is 0 Å². The fourth-order valence-corrected chi connectivity index (χ4v) is 2.92. The fourth-order valence-electron chi connectivity index (χ4n) is 2.92. The molecule has 0 fully saturated rings. The van der Waals surface area contributed by atoms with Gasteiger partial charge in [0.05, 0.1) is 28.4 Å². The van der Waals surface area contributed by atoms with Crippen molar-refractivity contribution >= 4 is 11.0 Å². The molecule has 0 aliphatic heterocycles. The zero-order chi connectivity index (χ0) is 19.7. The lowest BCUT2D eigenvalue weighted by Gasteiger charge is -2.17. The van der Waals surface area contributed by atoms with Crippen molar-refractivity contribution in [2.75, 3.05) is 28.4 Å². The van der Waals surface area contributed by atoms with Crippen molar-refractivity contribution in [3.8, 4) is 45.8 Å². The molecule has 3 rings (SSSR count). The Kier molecular flexibility index (Phi) is 4.72. The molecule has 27 heavy (non-hydrogen) atoms. The van der Waals surface area contributed by atoms with Crippen LogP contribution < -0.4 is 24.4 Å². The topological polar surface area (TPSA) is 108 Å². The normalized spacial score (nSPS) is 10.7. The van der Waals surface area contributed by atoms with Gasteiger partial charge in [-0.05, 0) is 12.1 Å². The second kappa shape index (κ2) is 6.99. The van der Waals surface area contributed by atoms with E-state index in [1.807, 2.05) is 0 Å². The summed E-state index contributed by atoms with van der Waals surface area (Å²) in [5.41, 5.74) is -0.0372. The van der Waals surface area contributed by atoms with E-state index in [9.17, 15) is 15.0 Å². The summed E-state index contributed by atoms with van der Waals surface area (Å²) in [6, 6.07) is 5.10. The third-order valence-electron chi connectivity index (χ3n) is 4.00. The van der Waals surface area contributed by atoms with Gasteiger partial charge in [0.25, 0.3) is 0 Å². The number of fused-ring (bicyclic) bond motifs is 1. The molecule has 8 nitrogen and oxygen atoms in total. The van der Waals surface area contributed by atoms with Gasteiger partial charge in [-0.1, -0.05) is 0 Å². The summed E-state index contributed by atoms with van der Waals surface area (Å²) in [6.45, 7) is 0. The SMILES string of the molecule is COc1c(OC)c(OC)c2c(=O)cc(-c3cc(O)cc(O)c3)oc2c1OC. The van der Waals surface area contributed by atoms with Crippen molar-refractivity contribution in [2.45, 2.75) is 0 Å². The molecule has 142 valence electrons. The molecule has 0 aliphatic carbocycles. The maximum Gasteiger partial charge on any atom is 0.211 e. The summed E-state index contributed by atoms with van der Waals surface area (Å²) in [6.07, 6.45) is 0. The number of aromatic hydroxyl groups is 2. The number of phenols is 2. The number of phenolic OH excluding ortho intramolecular Hbond substituents is 2. The second-order valence-corrected chi connectivity index (χ2v) is 5.55. The van der Waals surface area contributed by atoms with E-state index in [2.05, 4.69) is 0 Å². The summed E-state index contributed by atoms with van der Waals surface area (Å²) >= 11 is 0. The van der Waals surface area contributed by atoms with Crippen molar-refractivity contribution in [2.24, 2.45) is 0 Å². The summed E-state index contributed by atoms with van der Waals surface area (Å²) in [5.74, 6) is 0.445. The zero-order valence-corrected chi connectivity index (χ0v) is 15.2. The molecule has 0 saturated carbocycles. The fraction of sp³-hybridized carbons (Fsp3) is 0.211. The highest BCUT2D eigenvalue weighted by Crippen LogP contribution is 2.50. The molecule has 8 heteroatoms. The molecule has 3 aromatic rings. The van der Waals surface area contributed by atoms with Crippen LogP contribution in [0.1, 0.15) is 0 Å². The van der Waals surface area contributed by atoms with Gasteiger partial charge in [0, 0.05) is 17.7 Å². The number of rotatable bonds is 5. The average Bonchev–Trinajstić information content (AvgIpc) is 2.64. The molecule has 0 unspecified atom stereocenters. The van der Waals surface area contributed by atoms with Gasteiger partial charge in [-0.3, -0.25) is 4.79 Å². The number of hydrogen-bond donors (Lipinski definition) is 2. The standard InChI is InChI=1S/C19H18O8/c1-23-15-14-12(22)8-13(9-5-10(20)7-11(21)6-9)27-16(14)18(25-3)19(26-4)17(15)24-2/h5-8,20-21H,1-4H3. The maximum absolute atomic E-state index is 12.8. The molecule has 0 radical (unpaired) electrons. The van der Waals surface area contributed by atoms with E-state index in [4.69, 9.17) is 23.4 Å². The van der Waals surface area contributed by atoms with Gasteiger partial charge in [-0.15, -0.1) is 0 Å². The lowest BCUT2D eigenvalue weighted by atomic mass is 10.1. The monoisotopic (exact) mass is 374 g/mol. The van der Waals surface area contributed by atoms with Crippen LogP contribution in [0.2, 0.25) is 0 Å². The average molecular weight is 374 g/mol. The van der Waals surface area contributed by atoms with Gasteiger partial charge in [0.15, 0.2) is 16.8 Å². The Morgan fingerprint density at radius 2 is 1.26 bits per heavy atom. The first-order valence-corrected chi connectivity index (χ1v) is 7.82. The predicted octanol–water partition coefficient (Wildman–Crippen LogP) is 2.91. The van der Waals surface area contributed by atoms with Gasteiger partial charge in [-0.25, -0.2) is 0 Å². The lowest BCUT2D eigenvalue weighted by Crippen LogP contribution is -2.07. The lowest BCUT2D eigenvalue weighted by molar-refractivity contribution is 0.307. The highest BCUT2D eigenvalue weighted by molar-refractivity contribution is 5.95. The molecule has 2 aromatic carbocycles. The number of hydrogen-bond acceptors (Lipinski definition) is 8. The highest BCUT2D eigenvalue weighted by Gasteiger charge is 2.27. The summed E-state index contributed by atoms with van der Waals surface area (Å²) < 4.78 is 27.3. The first kappa shape index (κ1) is 18.2. The van der Waals surface area contributed by atoms with Crippen LogP contribution in [0.25, 0.3) is 22.3 Å². The second-order valence-electron chi connectivity index (χ2n) is 5.55. The molecule has 1 heterocycles. The first-order valence-electron chi connectivity index (χ1n) is 7.82. The molecule has 1 aromatic heterocycles. The van der Waals surface area contributed by atoms with Crippen LogP contribution >= 0.6 is 0 Å².